The summed E-state index contributed by atoms with van der Waals surface area (Å²) in [5.41, 5.74) is 0.889. The number of benzene rings is 1. The molecule has 0 aliphatic carbocycles. The van der Waals surface area contributed by atoms with E-state index in [0.717, 1.165) is 5.69 Å². The number of nitrogens with one attached hydrogen (secondary N) is 1. The van der Waals surface area contributed by atoms with E-state index in [1.54, 1.807) is 13.0 Å². The van der Waals surface area contributed by atoms with Gasteiger partial charge in [-0.15, -0.1) is 5.10 Å². The number of likely N-dealkylation sites (N-methyl/N-ethyl adjacent to an activating group) is 1. The summed E-state index contributed by atoms with van der Waals surface area (Å²) < 4.78 is 4.87. The van der Waals surface area contributed by atoms with Gasteiger partial charge in [0, 0.05) is 13.1 Å². The van der Waals surface area contributed by atoms with E-state index in [4.69, 9.17) is 4.52 Å². The number of carbonyl (C=O) groups excluding carboxylic acids is 2. The molecule has 0 aliphatic rings. The minimum Gasteiger partial charge on any atom is -0.360 e. The fraction of sp³-hybridized carbons (Fsp3) is 0.188. The molecule has 0 spiro atoms. The van der Waals surface area contributed by atoms with Crippen molar-refractivity contribution in [3.05, 3.63) is 54.0 Å². The zero-order valence-electron chi connectivity index (χ0n) is 13.7. The summed E-state index contributed by atoms with van der Waals surface area (Å²) in [5, 5.41) is 14.4. The van der Waals surface area contributed by atoms with Crippen molar-refractivity contribution in [1.29, 1.82) is 0 Å². The lowest BCUT2D eigenvalue weighted by atomic mass is 10.3. The van der Waals surface area contributed by atoms with Crippen molar-refractivity contribution in [1.82, 2.24) is 25.1 Å². The van der Waals surface area contributed by atoms with Crippen LogP contribution in [0.1, 0.15) is 16.2 Å². The molecule has 25 heavy (non-hydrogen) atoms. The molecular weight excluding hydrogens is 324 g/mol. The molecule has 0 atom stereocenters. The lowest BCUT2D eigenvalue weighted by Crippen LogP contribution is -2.35. The molecule has 3 aromatic rings. The summed E-state index contributed by atoms with van der Waals surface area (Å²) in [5.74, 6) is 0.0869. The van der Waals surface area contributed by atoms with Crippen LogP contribution in [0.3, 0.4) is 0 Å². The minimum atomic E-state index is -0.409. The molecule has 0 saturated heterocycles. The highest BCUT2D eigenvalue weighted by Crippen LogP contribution is 2.08. The van der Waals surface area contributed by atoms with Gasteiger partial charge in [-0.25, -0.2) is 0 Å². The van der Waals surface area contributed by atoms with Gasteiger partial charge in [0.05, 0.1) is 18.4 Å². The van der Waals surface area contributed by atoms with Gasteiger partial charge >= 0.3 is 0 Å². The number of hydrogen-bond acceptors (Lipinski definition) is 6. The summed E-state index contributed by atoms with van der Waals surface area (Å²) in [4.78, 5) is 27.0. The van der Waals surface area contributed by atoms with Gasteiger partial charge in [-0.3, -0.25) is 9.59 Å². The largest absolute Gasteiger partial charge is 0.360 e. The number of hydrogen-bond donors (Lipinski definition) is 1. The number of anilines is 1. The van der Waals surface area contributed by atoms with E-state index in [1.165, 1.54) is 22.9 Å². The Morgan fingerprint density at radius 1 is 1.28 bits per heavy atom. The van der Waals surface area contributed by atoms with Crippen LogP contribution in [-0.2, 0) is 4.79 Å². The van der Waals surface area contributed by atoms with Crippen LogP contribution < -0.4 is 5.32 Å². The van der Waals surface area contributed by atoms with Crippen molar-refractivity contribution in [2.75, 3.05) is 18.9 Å². The first-order chi connectivity index (χ1) is 12.0. The van der Waals surface area contributed by atoms with Crippen LogP contribution in [0, 0.1) is 6.92 Å². The van der Waals surface area contributed by atoms with Crippen molar-refractivity contribution in [2.24, 2.45) is 0 Å². The second-order valence-corrected chi connectivity index (χ2v) is 5.39. The van der Waals surface area contributed by atoms with Gasteiger partial charge in [-0.05, 0) is 19.1 Å². The van der Waals surface area contributed by atoms with Crippen LogP contribution in [0.2, 0.25) is 0 Å². The summed E-state index contributed by atoms with van der Waals surface area (Å²) >= 11 is 0. The standard InChI is InChI=1S/C16H16N6O3/c1-11-8-14(20-25-11)18-15(23)10-21(2)16(24)13-9-17-22(19-13)12-6-4-3-5-7-12/h3-9H,10H2,1-2H3,(H,18,20,23). The first kappa shape index (κ1) is 16.4. The monoisotopic (exact) mass is 340 g/mol. The predicted octanol–water partition coefficient (Wildman–Crippen LogP) is 1.27. The molecule has 9 nitrogen and oxygen atoms in total. The van der Waals surface area contributed by atoms with Gasteiger partial charge in [-0.1, -0.05) is 23.4 Å². The Labute approximate surface area is 143 Å². The van der Waals surface area contributed by atoms with Gasteiger partial charge in [0.2, 0.25) is 5.91 Å². The van der Waals surface area contributed by atoms with Gasteiger partial charge in [0.25, 0.3) is 5.91 Å². The molecule has 9 heteroatoms. The van der Waals surface area contributed by atoms with E-state index in [1.807, 2.05) is 30.3 Å². The molecule has 2 heterocycles. The first-order valence-electron chi connectivity index (χ1n) is 7.49. The third-order valence-electron chi connectivity index (χ3n) is 3.32. The molecule has 2 amide bonds. The van der Waals surface area contributed by atoms with Crippen molar-refractivity contribution >= 4 is 17.6 Å². The van der Waals surface area contributed by atoms with Gasteiger partial charge in [-0.2, -0.15) is 9.90 Å². The van der Waals surface area contributed by atoms with Crippen LogP contribution in [0.15, 0.2) is 47.1 Å². The molecule has 0 aliphatic heterocycles. The second-order valence-electron chi connectivity index (χ2n) is 5.39. The molecule has 1 aromatic carbocycles. The van der Waals surface area contributed by atoms with Crippen LogP contribution in [0.5, 0.6) is 0 Å². The van der Waals surface area contributed by atoms with Crippen molar-refractivity contribution in [3.63, 3.8) is 0 Å². The Bertz CT molecular complexity index is 886. The highest BCUT2D eigenvalue weighted by Gasteiger charge is 2.19. The number of aromatic nitrogens is 4. The Morgan fingerprint density at radius 3 is 2.72 bits per heavy atom. The third kappa shape index (κ3) is 3.89. The molecule has 0 fully saturated rings. The molecular formula is C16H16N6O3. The maximum absolute atomic E-state index is 12.4. The Kier molecular flexibility index (Phi) is 4.55. The number of rotatable bonds is 5. The van der Waals surface area contributed by atoms with E-state index >= 15 is 0 Å². The summed E-state index contributed by atoms with van der Waals surface area (Å²) in [6.45, 7) is 1.57. The molecule has 0 radical (unpaired) electrons. The Morgan fingerprint density at radius 2 is 2.04 bits per heavy atom. The van der Waals surface area contributed by atoms with Crippen LogP contribution >= 0.6 is 0 Å². The number of amides is 2. The highest BCUT2D eigenvalue weighted by molar-refractivity contribution is 5.97. The van der Waals surface area contributed by atoms with Gasteiger partial charge in [0.15, 0.2) is 11.5 Å². The van der Waals surface area contributed by atoms with Gasteiger partial charge in [0.1, 0.15) is 5.76 Å². The van der Waals surface area contributed by atoms with E-state index < -0.39 is 5.91 Å². The molecule has 0 bridgehead atoms. The molecule has 2 aromatic heterocycles. The first-order valence-corrected chi connectivity index (χ1v) is 7.49. The highest BCUT2D eigenvalue weighted by atomic mass is 16.5. The SMILES string of the molecule is Cc1cc(NC(=O)CN(C)C(=O)c2cnn(-c3ccccc3)n2)no1. The molecule has 128 valence electrons. The number of nitrogens with zero attached hydrogens (tertiary/aromatic N) is 5. The topological polar surface area (TPSA) is 106 Å². The third-order valence-corrected chi connectivity index (χ3v) is 3.32. The zero-order valence-corrected chi connectivity index (χ0v) is 13.7. The number of aryl methyl sites for hydroxylation is 1. The Balaban J connectivity index is 1.62. The maximum atomic E-state index is 12.4. The van der Waals surface area contributed by atoms with Crippen molar-refractivity contribution in [2.45, 2.75) is 6.92 Å². The lowest BCUT2D eigenvalue weighted by Gasteiger charge is -2.14. The van der Waals surface area contributed by atoms with Crippen molar-refractivity contribution < 1.29 is 14.1 Å². The fourth-order valence-electron chi connectivity index (χ4n) is 2.14. The van der Waals surface area contributed by atoms with E-state index in [9.17, 15) is 9.59 Å². The molecule has 3 rings (SSSR count). The van der Waals surface area contributed by atoms with Crippen LogP contribution in [0.25, 0.3) is 5.69 Å². The summed E-state index contributed by atoms with van der Waals surface area (Å²) in [7, 11) is 1.51. The van der Waals surface area contributed by atoms with Gasteiger partial charge < -0.3 is 14.7 Å². The lowest BCUT2D eigenvalue weighted by molar-refractivity contribution is -0.116. The number of para-hydroxylation sites is 1. The average Bonchev–Trinajstić information content (AvgIpc) is 3.24. The quantitative estimate of drug-likeness (QED) is 0.750. The number of carbonyl (C=O) groups is 2. The molecule has 0 unspecified atom stereocenters. The Hall–Kier alpha value is -3.49. The average molecular weight is 340 g/mol. The summed E-state index contributed by atoms with van der Waals surface area (Å²) in [6, 6.07) is 10.8. The summed E-state index contributed by atoms with van der Waals surface area (Å²) in [6.07, 6.45) is 1.37. The second kappa shape index (κ2) is 6.95. The van der Waals surface area contributed by atoms with Crippen molar-refractivity contribution in [3.8, 4) is 5.69 Å². The maximum Gasteiger partial charge on any atom is 0.276 e. The smallest absolute Gasteiger partial charge is 0.276 e. The minimum absolute atomic E-state index is 0.149. The van der Waals surface area contributed by atoms with Crippen LogP contribution in [0.4, 0.5) is 5.82 Å². The fourth-order valence-corrected chi connectivity index (χ4v) is 2.14. The van der Waals surface area contributed by atoms with E-state index in [-0.39, 0.29) is 18.1 Å². The van der Waals surface area contributed by atoms with E-state index in [0.29, 0.717) is 11.6 Å². The zero-order chi connectivity index (χ0) is 17.8. The molecule has 0 saturated carbocycles. The molecule has 1 N–H and O–H groups in total. The normalized spacial score (nSPS) is 10.5. The predicted molar refractivity (Wildman–Crippen MR) is 88.2 cm³/mol. The van der Waals surface area contributed by atoms with E-state index in [2.05, 4.69) is 20.7 Å². The van der Waals surface area contributed by atoms with Crippen LogP contribution in [-0.4, -0.2) is 50.5 Å².